The van der Waals surface area contributed by atoms with Gasteiger partial charge in [0, 0.05) is 0 Å². The highest BCUT2D eigenvalue weighted by atomic mass is 35.5. The van der Waals surface area contributed by atoms with Gasteiger partial charge in [0.1, 0.15) is 12.2 Å². The number of hydrogen-bond acceptors (Lipinski definition) is 3. The van der Waals surface area contributed by atoms with Crippen molar-refractivity contribution in [3.63, 3.8) is 0 Å². The van der Waals surface area contributed by atoms with Gasteiger partial charge in [0.25, 0.3) is 0 Å². The molecule has 0 spiro atoms. The van der Waals surface area contributed by atoms with Crippen LogP contribution in [0.15, 0.2) is 25.3 Å². The summed E-state index contributed by atoms with van der Waals surface area (Å²) >= 11 is 10.9. The van der Waals surface area contributed by atoms with Gasteiger partial charge in [0.2, 0.25) is 0 Å². The van der Waals surface area contributed by atoms with Gasteiger partial charge in [0.15, 0.2) is 11.6 Å². The van der Waals surface area contributed by atoms with Crippen LogP contribution in [0.1, 0.15) is 12.8 Å². The maximum Gasteiger partial charge on any atom is 0.176 e. The molecule has 3 nitrogen and oxygen atoms in total. The van der Waals surface area contributed by atoms with Crippen molar-refractivity contribution in [2.75, 3.05) is 11.8 Å². The van der Waals surface area contributed by atoms with Gasteiger partial charge >= 0.3 is 0 Å². The molecule has 0 saturated carbocycles. The van der Waals surface area contributed by atoms with E-state index in [4.69, 9.17) is 27.9 Å². The minimum absolute atomic E-state index is 0.158. The number of halogens is 2. The van der Waals surface area contributed by atoms with E-state index in [0.29, 0.717) is 12.8 Å². The first kappa shape index (κ1) is 16.4. The van der Waals surface area contributed by atoms with Crippen LogP contribution in [0.3, 0.4) is 0 Å². The zero-order chi connectivity index (χ0) is 13.3. The Labute approximate surface area is 111 Å². The van der Waals surface area contributed by atoms with E-state index in [9.17, 15) is 9.59 Å². The highest BCUT2D eigenvalue weighted by molar-refractivity contribution is 6.28. The number of alkyl halides is 2. The predicted octanol–water partition coefficient (Wildman–Crippen LogP) is 2.51. The first-order valence-electron chi connectivity index (χ1n) is 5.15. The predicted molar refractivity (Wildman–Crippen MR) is 69.7 cm³/mol. The zero-order valence-electron chi connectivity index (χ0n) is 9.53. The summed E-state index contributed by atoms with van der Waals surface area (Å²) in [6, 6.07) is 0. The van der Waals surface area contributed by atoms with Crippen LogP contribution in [0, 0.1) is 0 Å². The summed E-state index contributed by atoms with van der Waals surface area (Å²) in [4.78, 5) is 23.0. The van der Waals surface area contributed by atoms with Gasteiger partial charge in [-0.1, -0.05) is 12.2 Å². The first-order valence-corrected chi connectivity index (χ1v) is 6.22. The molecule has 5 heteroatoms. The molecule has 0 aromatic carbocycles. The van der Waals surface area contributed by atoms with Crippen LogP contribution in [0.2, 0.25) is 0 Å². The zero-order valence-corrected chi connectivity index (χ0v) is 11.0. The molecule has 17 heavy (non-hydrogen) atoms. The molecular weight excluding hydrogens is 263 g/mol. The van der Waals surface area contributed by atoms with Gasteiger partial charge in [-0.15, -0.1) is 36.4 Å². The molecule has 0 heterocycles. The smallest absolute Gasteiger partial charge is 0.176 e. The number of ketones is 2. The maximum absolute atomic E-state index is 11.5. The SMILES string of the molecule is C=CCC(OC(CC=C)C(=O)CCl)C(=O)CCl. The Morgan fingerprint density at radius 2 is 1.35 bits per heavy atom. The van der Waals surface area contributed by atoms with Crippen LogP contribution in [0.4, 0.5) is 0 Å². The topological polar surface area (TPSA) is 43.4 Å². The normalized spacial score (nSPS) is 13.8. The molecule has 0 N–H and O–H groups in total. The fourth-order valence-corrected chi connectivity index (χ4v) is 1.54. The third-order valence-corrected chi connectivity index (χ3v) is 2.60. The molecule has 0 aromatic rings. The van der Waals surface area contributed by atoms with Gasteiger partial charge in [-0.2, -0.15) is 0 Å². The largest absolute Gasteiger partial charge is 0.359 e. The number of carbonyl (C=O) groups excluding carboxylic acids is 2. The molecule has 0 aliphatic heterocycles. The van der Waals surface area contributed by atoms with Crippen molar-refractivity contribution < 1.29 is 14.3 Å². The van der Waals surface area contributed by atoms with E-state index in [0.717, 1.165) is 0 Å². The summed E-state index contributed by atoms with van der Waals surface area (Å²) in [5.41, 5.74) is 0. The van der Waals surface area contributed by atoms with E-state index in [1.807, 2.05) is 0 Å². The Balaban J connectivity index is 4.65. The Morgan fingerprint density at radius 1 is 1.00 bits per heavy atom. The monoisotopic (exact) mass is 278 g/mol. The van der Waals surface area contributed by atoms with Crippen molar-refractivity contribution in [3.8, 4) is 0 Å². The summed E-state index contributed by atoms with van der Waals surface area (Å²) in [5, 5.41) is 0. The third kappa shape index (κ3) is 6.01. The second-order valence-corrected chi connectivity index (χ2v) is 3.90. The number of hydrogen-bond donors (Lipinski definition) is 0. The molecule has 2 atom stereocenters. The molecule has 0 saturated heterocycles. The lowest BCUT2D eigenvalue weighted by Gasteiger charge is -2.20. The van der Waals surface area contributed by atoms with Crippen LogP contribution < -0.4 is 0 Å². The summed E-state index contributed by atoms with van der Waals surface area (Å²) in [7, 11) is 0. The molecular formula is C12H16Cl2O3. The number of Topliss-reactive ketones (excluding diaryl/α,β-unsaturated/α-hetero) is 2. The van der Waals surface area contributed by atoms with E-state index >= 15 is 0 Å². The van der Waals surface area contributed by atoms with E-state index in [1.165, 1.54) is 0 Å². The quantitative estimate of drug-likeness (QED) is 0.456. The molecule has 0 rings (SSSR count). The van der Waals surface area contributed by atoms with E-state index < -0.39 is 12.2 Å². The summed E-state index contributed by atoms with van der Waals surface area (Å²) in [6.45, 7) is 7.06. The first-order chi connectivity index (χ1) is 8.10. The highest BCUT2D eigenvalue weighted by Crippen LogP contribution is 2.11. The van der Waals surface area contributed by atoms with Gasteiger partial charge < -0.3 is 4.74 Å². The molecule has 0 fully saturated rings. The molecule has 0 aliphatic rings. The second-order valence-electron chi connectivity index (χ2n) is 3.36. The van der Waals surface area contributed by atoms with Gasteiger partial charge in [-0.05, 0) is 12.8 Å². The van der Waals surface area contributed by atoms with Crippen molar-refractivity contribution in [1.29, 1.82) is 0 Å². The molecule has 0 bridgehead atoms. The van der Waals surface area contributed by atoms with Crippen LogP contribution >= 0.6 is 23.2 Å². The van der Waals surface area contributed by atoms with Crippen molar-refractivity contribution in [1.82, 2.24) is 0 Å². The number of rotatable bonds is 10. The highest BCUT2D eigenvalue weighted by Gasteiger charge is 2.25. The average molecular weight is 279 g/mol. The third-order valence-electron chi connectivity index (χ3n) is 2.07. The second kappa shape index (κ2) is 9.40. The van der Waals surface area contributed by atoms with Crippen molar-refractivity contribution in [3.05, 3.63) is 25.3 Å². The molecule has 0 aliphatic carbocycles. The molecule has 96 valence electrons. The Kier molecular flexibility index (Phi) is 9.04. The Morgan fingerprint density at radius 3 is 1.59 bits per heavy atom. The van der Waals surface area contributed by atoms with Gasteiger partial charge in [-0.25, -0.2) is 0 Å². The van der Waals surface area contributed by atoms with Crippen LogP contribution in [0.5, 0.6) is 0 Å². The summed E-state index contributed by atoms with van der Waals surface area (Å²) < 4.78 is 5.43. The standard InChI is InChI=1S/C12H16Cl2O3/c1-3-5-11(9(15)7-13)17-12(6-4-2)10(16)8-14/h3-4,11-12H,1-2,5-8H2. The maximum atomic E-state index is 11.5. The molecule has 0 aromatic heterocycles. The van der Waals surface area contributed by atoms with Crippen molar-refractivity contribution in [2.45, 2.75) is 25.0 Å². The van der Waals surface area contributed by atoms with Crippen molar-refractivity contribution in [2.24, 2.45) is 0 Å². The minimum Gasteiger partial charge on any atom is -0.359 e. The molecule has 0 radical (unpaired) electrons. The minimum atomic E-state index is -0.748. The molecule has 0 amide bonds. The van der Waals surface area contributed by atoms with Gasteiger partial charge in [0.05, 0.1) is 11.8 Å². The fourth-order valence-electron chi connectivity index (χ4n) is 1.20. The van der Waals surface area contributed by atoms with E-state index in [2.05, 4.69) is 13.2 Å². The summed E-state index contributed by atoms with van der Waals surface area (Å²) in [6.07, 6.45) is 2.23. The van der Waals surface area contributed by atoms with Gasteiger partial charge in [-0.3, -0.25) is 9.59 Å². The number of carbonyl (C=O) groups is 2. The number of ether oxygens (including phenoxy) is 1. The van der Waals surface area contributed by atoms with E-state index in [-0.39, 0.29) is 23.3 Å². The van der Waals surface area contributed by atoms with Crippen LogP contribution in [-0.2, 0) is 14.3 Å². The summed E-state index contributed by atoms with van der Waals surface area (Å²) in [5.74, 6) is -0.867. The average Bonchev–Trinajstić information content (AvgIpc) is 2.35. The lowest BCUT2D eigenvalue weighted by atomic mass is 10.1. The Hall–Kier alpha value is -0.640. The lowest BCUT2D eigenvalue weighted by Crippen LogP contribution is -2.34. The Bertz CT molecular complexity index is 261. The van der Waals surface area contributed by atoms with E-state index in [1.54, 1.807) is 12.2 Å². The fraction of sp³-hybridized carbons (Fsp3) is 0.500. The molecule has 2 unspecified atom stereocenters. The lowest BCUT2D eigenvalue weighted by molar-refractivity contribution is -0.140. The van der Waals surface area contributed by atoms with Crippen LogP contribution in [0.25, 0.3) is 0 Å². The van der Waals surface area contributed by atoms with Crippen molar-refractivity contribution >= 4 is 34.8 Å². The van der Waals surface area contributed by atoms with Crippen LogP contribution in [-0.4, -0.2) is 35.5 Å².